The Bertz CT molecular complexity index is 590. The zero-order chi connectivity index (χ0) is 13.9. The van der Waals surface area contributed by atoms with Gasteiger partial charge in [0.25, 0.3) is 0 Å². The summed E-state index contributed by atoms with van der Waals surface area (Å²) in [5.41, 5.74) is 2.48. The fourth-order valence-electron chi connectivity index (χ4n) is 2.28. The molecule has 0 N–H and O–H groups in total. The van der Waals surface area contributed by atoms with Gasteiger partial charge in [-0.3, -0.25) is 0 Å². The van der Waals surface area contributed by atoms with Gasteiger partial charge in [0, 0.05) is 23.0 Å². The molecule has 1 aliphatic rings. The van der Waals surface area contributed by atoms with Gasteiger partial charge in [0.15, 0.2) is 0 Å². The summed E-state index contributed by atoms with van der Waals surface area (Å²) in [7, 11) is 0. The lowest BCUT2D eigenvalue weighted by atomic mass is 10.2. The number of nitrogens with zero attached hydrogens (tertiary/aromatic N) is 1. The van der Waals surface area contributed by atoms with Gasteiger partial charge >= 0.3 is 0 Å². The molecule has 1 heterocycles. The van der Waals surface area contributed by atoms with Crippen LogP contribution in [-0.2, 0) is 12.2 Å². The second kappa shape index (κ2) is 6.19. The molecule has 4 heteroatoms. The van der Waals surface area contributed by atoms with Crippen LogP contribution >= 0.6 is 24.0 Å². The van der Waals surface area contributed by atoms with Crippen molar-refractivity contribution in [3.05, 3.63) is 45.4 Å². The van der Waals surface area contributed by atoms with Crippen molar-refractivity contribution in [1.82, 2.24) is 4.98 Å². The predicted octanol–water partition coefficient (Wildman–Crippen LogP) is 4.38. The summed E-state index contributed by atoms with van der Waals surface area (Å²) in [4.78, 5) is 6.14. The number of ether oxygens (including phenoxy) is 1. The minimum atomic E-state index is 0.689. The SMILES string of the molecule is Cc1ccccc1OCCc1nc(C2CC2)c(CS)s1. The molecule has 1 fully saturated rings. The molecule has 1 aliphatic carbocycles. The number of thiazole rings is 1. The fraction of sp³-hybridized carbons (Fsp3) is 0.438. The van der Waals surface area contributed by atoms with Crippen molar-refractivity contribution in [2.24, 2.45) is 0 Å². The summed E-state index contributed by atoms with van der Waals surface area (Å²) < 4.78 is 5.85. The Morgan fingerprint density at radius 3 is 2.85 bits per heavy atom. The molecule has 0 saturated heterocycles. The lowest BCUT2D eigenvalue weighted by molar-refractivity contribution is 0.319. The summed E-state index contributed by atoms with van der Waals surface area (Å²) in [6.07, 6.45) is 3.47. The topological polar surface area (TPSA) is 22.1 Å². The zero-order valence-electron chi connectivity index (χ0n) is 11.6. The average molecular weight is 305 g/mol. The molecule has 2 nitrogen and oxygen atoms in total. The molecule has 1 aromatic heterocycles. The highest BCUT2D eigenvalue weighted by molar-refractivity contribution is 7.79. The third kappa shape index (κ3) is 3.18. The van der Waals surface area contributed by atoms with Gasteiger partial charge < -0.3 is 4.74 Å². The van der Waals surface area contributed by atoms with Crippen molar-refractivity contribution < 1.29 is 4.74 Å². The predicted molar refractivity (Wildman–Crippen MR) is 87.2 cm³/mol. The van der Waals surface area contributed by atoms with Crippen LogP contribution in [0.25, 0.3) is 0 Å². The third-order valence-corrected chi connectivity index (χ3v) is 5.21. The summed E-state index contributed by atoms with van der Waals surface area (Å²) in [5, 5.41) is 1.18. The van der Waals surface area contributed by atoms with Crippen LogP contribution < -0.4 is 4.74 Å². The van der Waals surface area contributed by atoms with Crippen molar-refractivity contribution in [2.45, 2.75) is 37.9 Å². The maximum absolute atomic E-state index is 5.85. The van der Waals surface area contributed by atoms with E-state index in [1.54, 1.807) is 11.3 Å². The molecule has 1 saturated carbocycles. The molecule has 2 aromatic rings. The van der Waals surface area contributed by atoms with Crippen LogP contribution in [-0.4, -0.2) is 11.6 Å². The van der Waals surface area contributed by atoms with Crippen LogP contribution in [0.2, 0.25) is 0 Å². The molecule has 20 heavy (non-hydrogen) atoms. The van der Waals surface area contributed by atoms with E-state index >= 15 is 0 Å². The minimum Gasteiger partial charge on any atom is -0.493 e. The third-order valence-electron chi connectivity index (χ3n) is 3.55. The zero-order valence-corrected chi connectivity index (χ0v) is 13.3. The number of para-hydroxylation sites is 1. The molecule has 3 rings (SSSR count). The molecule has 1 aromatic carbocycles. The highest BCUT2D eigenvalue weighted by atomic mass is 32.1. The normalized spacial score (nSPS) is 14.5. The molecule has 0 bridgehead atoms. The monoisotopic (exact) mass is 305 g/mol. The van der Waals surface area contributed by atoms with Crippen LogP contribution in [0.3, 0.4) is 0 Å². The standard InChI is InChI=1S/C16H19NOS2/c1-11-4-2-3-5-13(11)18-9-8-15-17-16(12-6-7-12)14(10-19)20-15/h2-5,12,19H,6-10H2,1H3. The van der Waals surface area contributed by atoms with Crippen LogP contribution in [0.1, 0.15) is 39.9 Å². The number of hydrogen-bond donors (Lipinski definition) is 1. The van der Waals surface area contributed by atoms with E-state index in [-0.39, 0.29) is 0 Å². The Balaban J connectivity index is 1.60. The second-order valence-corrected chi connectivity index (χ2v) is 6.70. The average Bonchev–Trinajstić information content (AvgIpc) is 3.22. The Hall–Kier alpha value is -1.000. The molecular formula is C16H19NOS2. The number of thiol groups is 1. The van der Waals surface area contributed by atoms with Gasteiger partial charge in [-0.05, 0) is 31.4 Å². The molecule has 0 amide bonds. The molecule has 0 atom stereocenters. The molecule has 0 spiro atoms. The lowest BCUT2D eigenvalue weighted by Crippen LogP contribution is -2.02. The van der Waals surface area contributed by atoms with Gasteiger partial charge in [0.1, 0.15) is 5.75 Å². The van der Waals surface area contributed by atoms with Gasteiger partial charge in [0.2, 0.25) is 0 Å². The van der Waals surface area contributed by atoms with Gasteiger partial charge in [-0.25, -0.2) is 4.98 Å². The second-order valence-electron chi connectivity index (χ2n) is 5.21. The van der Waals surface area contributed by atoms with E-state index in [1.807, 2.05) is 18.2 Å². The van der Waals surface area contributed by atoms with Gasteiger partial charge in [0.05, 0.1) is 17.3 Å². The number of rotatable bonds is 6. The van der Waals surface area contributed by atoms with Crippen LogP contribution in [0.4, 0.5) is 0 Å². The Morgan fingerprint density at radius 2 is 2.15 bits per heavy atom. The van der Waals surface area contributed by atoms with E-state index in [1.165, 1.54) is 34.0 Å². The number of aromatic nitrogens is 1. The van der Waals surface area contributed by atoms with E-state index in [9.17, 15) is 0 Å². The summed E-state index contributed by atoms with van der Waals surface area (Å²) in [6.45, 7) is 2.76. The Morgan fingerprint density at radius 1 is 1.35 bits per heavy atom. The maximum Gasteiger partial charge on any atom is 0.122 e. The van der Waals surface area contributed by atoms with Crippen LogP contribution in [0.5, 0.6) is 5.75 Å². The molecule has 0 radical (unpaired) electrons. The summed E-state index contributed by atoms with van der Waals surface area (Å²) >= 11 is 6.22. The van der Waals surface area contributed by atoms with E-state index < -0.39 is 0 Å². The van der Waals surface area contributed by atoms with E-state index in [4.69, 9.17) is 9.72 Å². The van der Waals surface area contributed by atoms with Crippen molar-refractivity contribution in [2.75, 3.05) is 6.61 Å². The van der Waals surface area contributed by atoms with Gasteiger partial charge in [-0.15, -0.1) is 11.3 Å². The van der Waals surface area contributed by atoms with Crippen molar-refractivity contribution in [3.63, 3.8) is 0 Å². The molecule has 0 unspecified atom stereocenters. The number of hydrogen-bond acceptors (Lipinski definition) is 4. The first-order valence-electron chi connectivity index (χ1n) is 7.05. The Kier molecular flexibility index (Phi) is 4.32. The summed E-state index contributed by atoms with van der Waals surface area (Å²) in [5.74, 6) is 2.49. The highest BCUT2D eigenvalue weighted by Gasteiger charge is 2.29. The van der Waals surface area contributed by atoms with Crippen LogP contribution in [0, 0.1) is 6.92 Å². The number of aryl methyl sites for hydroxylation is 1. The van der Waals surface area contributed by atoms with Gasteiger partial charge in [-0.2, -0.15) is 12.6 Å². The van der Waals surface area contributed by atoms with Gasteiger partial charge in [-0.1, -0.05) is 18.2 Å². The highest BCUT2D eigenvalue weighted by Crippen LogP contribution is 2.43. The Labute approximate surface area is 129 Å². The van der Waals surface area contributed by atoms with E-state index in [2.05, 4.69) is 25.6 Å². The minimum absolute atomic E-state index is 0.689. The van der Waals surface area contributed by atoms with Crippen molar-refractivity contribution in [3.8, 4) is 5.75 Å². The number of benzene rings is 1. The van der Waals surface area contributed by atoms with E-state index in [0.717, 1.165) is 17.9 Å². The molecule has 106 valence electrons. The fourth-order valence-corrected chi connectivity index (χ4v) is 3.63. The first kappa shape index (κ1) is 14.0. The van der Waals surface area contributed by atoms with Crippen molar-refractivity contribution >= 4 is 24.0 Å². The summed E-state index contributed by atoms with van der Waals surface area (Å²) in [6, 6.07) is 8.13. The quantitative estimate of drug-likeness (QED) is 0.800. The van der Waals surface area contributed by atoms with Crippen molar-refractivity contribution in [1.29, 1.82) is 0 Å². The molecule has 0 aliphatic heterocycles. The largest absolute Gasteiger partial charge is 0.493 e. The van der Waals surface area contributed by atoms with E-state index in [0.29, 0.717) is 12.5 Å². The lowest BCUT2D eigenvalue weighted by Gasteiger charge is -2.07. The van der Waals surface area contributed by atoms with Crippen LogP contribution in [0.15, 0.2) is 24.3 Å². The molecular weight excluding hydrogens is 286 g/mol. The first-order valence-corrected chi connectivity index (χ1v) is 8.50. The smallest absolute Gasteiger partial charge is 0.122 e. The maximum atomic E-state index is 5.85. The first-order chi connectivity index (χ1) is 9.78.